The van der Waals surface area contributed by atoms with Crippen LogP contribution in [0.1, 0.15) is 25.0 Å². The van der Waals surface area contributed by atoms with Gasteiger partial charge in [0, 0.05) is 30.1 Å². The van der Waals surface area contributed by atoms with Gasteiger partial charge in [-0.25, -0.2) is 0 Å². The average Bonchev–Trinajstić information content (AvgIpc) is 3.03. The van der Waals surface area contributed by atoms with Crippen LogP contribution in [0, 0.1) is 0 Å². The average molecular weight is 387 g/mol. The molecule has 0 saturated carbocycles. The molecule has 5 nitrogen and oxygen atoms in total. The molecule has 142 valence electrons. The van der Waals surface area contributed by atoms with E-state index in [2.05, 4.69) is 10.3 Å². The van der Waals surface area contributed by atoms with Gasteiger partial charge in [0.25, 0.3) is 0 Å². The molecule has 3 N–H and O–H groups in total. The summed E-state index contributed by atoms with van der Waals surface area (Å²) in [5.41, 5.74) is 2.88. The molecule has 0 aliphatic heterocycles. The van der Waals surface area contributed by atoms with E-state index in [1.807, 2.05) is 56.4 Å². The normalized spacial score (nSPS) is 12.4. The number of halogens is 1. The maximum atomic E-state index is 11.7. The molecule has 3 rings (SSSR count). The molecular formula is C21H23ClN2O3. The van der Waals surface area contributed by atoms with E-state index >= 15 is 0 Å². The number of hydrogen-bond acceptors (Lipinski definition) is 3. The molecule has 3 aromatic rings. The Balaban J connectivity index is 1.68. The second-order valence-corrected chi connectivity index (χ2v) is 7.17. The molecule has 0 amide bonds. The van der Waals surface area contributed by atoms with Crippen molar-refractivity contribution < 1.29 is 14.6 Å². The summed E-state index contributed by atoms with van der Waals surface area (Å²) in [6.45, 7) is 4.28. The van der Waals surface area contributed by atoms with Gasteiger partial charge in [-0.15, -0.1) is 0 Å². The molecule has 1 atom stereocenters. The van der Waals surface area contributed by atoms with Gasteiger partial charge in [0.15, 0.2) is 0 Å². The lowest BCUT2D eigenvalue weighted by atomic mass is 10.0. The molecule has 1 aromatic heterocycles. The largest absolute Gasteiger partial charge is 0.489 e. The molecule has 0 fully saturated rings. The topological polar surface area (TPSA) is 74.3 Å². The molecule has 2 aromatic carbocycles. The van der Waals surface area contributed by atoms with E-state index in [0.717, 1.165) is 22.0 Å². The van der Waals surface area contributed by atoms with Crippen molar-refractivity contribution in [3.8, 4) is 5.75 Å². The number of para-hydroxylation sites is 1. The maximum absolute atomic E-state index is 11.7. The summed E-state index contributed by atoms with van der Waals surface area (Å²) in [6.07, 6.45) is 2.30. The van der Waals surface area contributed by atoms with E-state index in [9.17, 15) is 9.90 Å². The Morgan fingerprint density at radius 3 is 2.74 bits per heavy atom. The van der Waals surface area contributed by atoms with Gasteiger partial charge < -0.3 is 20.1 Å². The van der Waals surface area contributed by atoms with Crippen molar-refractivity contribution in [3.05, 3.63) is 64.8 Å². The van der Waals surface area contributed by atoms with E-state index in [1.54, 1.807) is 6.07 Å². The van der Waals surface area contributed by atoms with Crippen molar-refractivity contribution in [1.82, 2.24) is 10.3 Å². The summed E-state index contributed by atoms with van der Waals surface area (Å²) < 4.78 is 5.62. The molecule has 0 aliphatic carbocycles. The monoisotopic (exact) mass is 386 g/mol. The van der Waals surface area contributed by atoms with Crippen LogP contribution in [0.3, 0.4) is 0 Å². The van der Waals surface area contributed by atoms with Crippen molar-refractivity contribution in [2.45, 2.75) is 39.0 Å². The number of rotatable bonds is 8. The van der Waals surface area contributed by atoms with E-state index in [0.29, 0.717) is 23.7 Å². The number of nitrogens with one attached hydrogen (secondary N) is 2. The van der Waals surface area contributed by atoms with Crippen LogP contribution >= 0.6 is 11.6 Å². The number of fused-ring (bicyclic) bond motifs is 1. The summed E-state index contributed by atoms with van der Waals surface area (Å²) in [5.74, 6) is -0.255. The van der Waals surface area contributed by atoms with Gasteiger partial charge in [-0.05, 0) is 43.2 Å². The van der Waals surface area contributed by atoms with Crippen molar-refractivity contribution in [2.24, 2.45) is 0 Å². The molecule has 0 aliphatic rings. The predicted octanol–water partition coefficient (Wildman–Crippen LogP) is 4.39. The molecule has 1 unspecified atom stereocenters. The van der Waals surface area contributed by atoms with Crippen LogP contribution in [-0.4, -0.2) is 28.2 Å². The van der Waals surface area contributed by atoms with Gasteiger partial charge in [-0.3, -0.25) is 4.79 Å². The number of carbonyl (C=O) groups is 1. The van der Waals surface area contributed by atoms with Crippen LogP contribution in [0.5, 0.6) is 5.75 Å². The summed E-state index contributed by atoms with van der Waals surface area (Å²) in [7, 11) is 0. The number of aromatic nitrogens is 1. The van der Waals surface area contributed by atoms with Gasteiger partial charge >= 0.3 is 5.97 Å². The van der Waals surface area contributed by atoms with Gasteiger partial charge in [0.1, 0.15) is 11.8 Å². The Labute approximate surface area is 163 Å². The number of aliphatic carboxylic acids is 1. The number of aromatic amines is 1. The Morgan fingerprint density at radius 1 is 1.26 bits per heavy atom. The quantitative estimate of drug-likeness (QED) is 0.536. The lowest BCUT2D eigenvalue weighted by Crippen LogP contribution is -2.38. The maximum Gasteiger partial charge on any atom is 0.321 e. The number of hydrogen-bond donors (Lipinski definition) is 3. The highest BCUT2D eigenvalue weighted by molar-refractivity contribution is 6.32. The van der Waals surface area contributed by atoms with Gasteiger partial charge in [0.05, 0.1) is 11.1 Å². The van der Waals surface area contributed by atoms with Gasteiger partial charge in [-0.1, -0.05) is 35.9 Å². The van der Waals surface area contributed by atoms with Crippen LogP contribution in [-0.2, 0) is 17.8 Å². The molecule has 0 spiro atoms. The number of carboxylic acid groups (broad SMARTS) is 1. The SMILES string of the molecule is CC(C)Oc1ccc(CNC(Cc2c[nH]c3ccccc23)C(=O)O)cc1Cl. The Kier molecular flexibility index (Phi) is 6.04. The number of carboxylic acids is 1. The minimum absolute atomic E-state index is 0.0408. The first-order valence-corrected chi connectivity index (χ1v) is 9.28. The number of H-pyrrole nitrogens is 1. The van der Waals surface area contributed by atoms with Crippen molar-refractivity contribution in [3.63, 3.8) is 0 Å². The third-order valence-corrected chi connectivity index (χ3v) is 4.60. The highest BCUT2D eigenvalue weighted by Gasteiger charge is 2.19. The highest BCUT2D eigenvalue weighted by Crippen LogP contribution is 2.26. The van der Waals surface area contributed by atoms with Crippen LogP contribution in [0.15, 0.2) is 48.7 Å². The van der Waals surface area contributed by atoms with Crippen molar-refractivity contribution in [2.75, 3.05) is 0 Å². The van der Waals surface area contributed by atoms with Gasteiger partial charge in [0.2, 0.25) is 0 Å². The third kappa shape index (κ3) is 4.81. The second kappa shape index (κ2) is 8.46. The van der Waals surface area contributed by atoms with Gasteiger partial charge in [-0.2, -0.15) is 0 Å². The van der Waals surface area contributed by atoms with Crippen LogP contribution in [0.4, 0.5) is 0 Å². The zero-order valence-electron chi connectivity index (χ0n) is 15.3. The predicted molar refractivity (Wildman–Crippen MR) is 107 cm³/mol. The van der Waals surface area contributed by atoms with E-state index in [4.69, 9.17) is 16.3 Å². The highest BCUT2D eigenvalue weighted by atomic mass is 35.5. The summed E-state index contributed by atoms with van der Waals surface area (Å²) in [6, 6.07) is 12.7. The molecule has 27 heavy (non-hydrogen) atoms. The zero-order chi connectivity index (χ0) is 19.4. The fourth-order valence-electron chi connectivity index (χ4n) is 3.01. The Hall–Kier alpha value is -2.50. The molecule has 0 radical (unpaired) electrons. The molecular weight excluding hydrogens is 364 g/mol. The van der Waals surface area contributed by atoms with Crippen LogP contribution in [0.2, 0.25) is 5.02 Å². The fraction of sp³-hybridized carbons (Fsp3) is 0.286. The number of ether oxygens (including phenoxy) is 1. The Bertz CT molecular complexity index is 936. The smallest absolute Gasteiger partial charge is 0.321 e. The molecule has 0 bridgehead atoms. The first-order valence-electron chi connectivity index (χ1n) is 8.90. The third-order valence-electron chi connectivity index (χ3n) is 4.31. The minimum Gasteiger partial charge on any atom is -0.489 e. The van der Waals surface area contributed by atoms with Crippen molar-refractivity contribution >= 4 is 28.5 Å². The molecule has 0 saturated heterocycles. The molecule has 6 heteroatoms. The summed E-state index contributed by atoms with van der Waals surface area (Å²) in [5, 5.41) is 14.3. The van der Waals surface area contributed by atoms with Crippen LogP contribution in [0.25, 0.3) is 10.9 Å². The standard InChI is InChI=1S/C21H23ClN2O3/c1-13(2)27-20-8-7-14(9-17(20)22)11-23-19(21(25)26)10-15-12-24-18-6-4-3-5-16(15)18/h3-9,12-13,19,23-24H,10-11H2,1-2H3,(H,25,26). The fourth-order valence-corrected chi connectivity index (χ4v) is 3.26. The number of benzene rings is 2. The van der Waals surface area contributed by atoms with E-state index < -0.39 is 12.0 Å². The summed E-state index contributed by atoms with van der Waals surface area (Å²) in [4.78, 5) is 14.9. The zero-order valence-corrected chi connectivity index (χ0v) is 16.1. The summed E-state index contributed by atoms with van der Waals surface area (Å²) >= 11 is 6.26. The Morgan fingerprint density at radius 2 is 2.04 bits per heavy atom. The first-order chi connectivity index (χ1) is 12.9. The van der Waals surface area contributed by atoms with Crippen molar-refractivity contribution in [1.29, 1.82) is 0 Å². The lowest BCUT2D eigenvalue weighted by Gasteiger charge is -2.16. The van der Waals surface area contributed by atoms with Crippen LogP contribution < -0.4 is 10.1 Å². The lowest BCUT2D eigenvalue weighted by molar-refractivity contribution is -0.139. The first kappa shape index (κ1) is 19.3. The second-order valence-electron chi connectivity index (χ2n) is 6.77. The minimum atomic E-state index is -0.883. The van der Waals surface area contributed by atoms with E-state index in [1.165, 1.54) is 0 Å². The molecule has 1 heterocycles. The van der Waals surface area contributed by atoms with E-state index in [-0.39, 0.29) is 6.10 Å².